The van der Waals surface area contributed by atoms with Crippen LogP contribution in [0.25, 0.3) is 0 Å². The van der Waals surface area contributed by atoms with Crippen molar-refractivity contribution in [3.8, 4) is 0 Å². The molecule has 1 heteroatoms. The summed E-state index contributed by atoms with van der Waals surface area (Å²) in [7, 11) is -2.00. The second-order valence-corrected chi connectivity index (χ2v) is 11.6. The van der Waals surface area contributed by atoms with E-state index in [-0.39, 0.29) is 0 Å². The lowest BCUT2D eigenvalue weighted by Crippen LogP contribution is -2.38. The van der Waals surface area contributed by atoms with Gasteiger partial charge in [-0.2, -0.15) is 0 Å². The first kappa shape index (κ1) is 27.6. The number of rotatable bonds is 5. The Hall–Kier alpha value is -2.69. The van der Waals surface area contributed by atoms with Crippen LogP contribution in [-0.4, -0.2) is 0 Å². The molecule has 0 spiro atoms. The van der Waals surface area contributed by atoms with E-state index in [1.807, 2.05) is 27.7 Å². The average molecular weight is 470 g/mol. The zero-order valence-corrected chi connectivity index (χ0v) is 23.3. The van der Waals surface area contributed by atoms with Crippen LogP contribution in [0.2, 0.25) is 0 Å². The summed E-state index contributed by atoms with van der Waals surface area (Å²) in [5, 5.41) is 5.64. The lowest BCUT2D eigenvalue weighted by Gasteiger charge is -2.28. The average Bonchev–Trinajstić information content (AvgIpc) is 2.90. The highest BCUT2D eigenvalue weighted by Gasteiger charge is 2.47. The third-order valence-corrected chi connectivity index (χ3v) is 10.3. The zero-order chi connectivity index (χ0) is 25.1. The van der Waals surface area contributed by atoms with Crippen molar-refractivity contribution < 1.29 is 0 Å². The first-order valence-electron chi connectivity index (χ1n) is 12.7. The van der Waals surface area contributed by atoms with E-state index in [4.69, 9.17) is 0 Å². The molecule has 0 aliphatic rings. The van der Waals surface area contributed by atoms with Gasteiger partial charge in [0.05, 0.1) is 0 Å². The monoisotopic (exact) mass is 469 g/mol. The van der Waals surface area contributed by atoms with Gasteiger partial charge in [-0.05, 0) is 81.3 Å². The van der Waals surface area contributed by atoms with Crippen molar-refractivity contribution in [2.24, 2.45) is 0 Å². The lowest BCUT2D eigenvalue weighted by atomic mass is 10.2. The second-order valence-electron chi connectivity index (χ2n) is 8.20. The Bertz CT molecular complexity index is 992. The van der Waals surface area contributed by atoms with Gasteiger partial charge in [0, 0.05) is 0 Å². The minimum Gasteiger partial charge on any atom is -0.0683 e. The van der Waals surface area contributed by atoms with E-state index in [0.717, 1.165) is 6.42 Å². The lowest BCUT2D eigenvalue weighted by molar-refractivity contribution is 1.14. The Morgan fingerprint density at radius 1 is 0.412 bits per heavy atom. The topological polar surface area (TPSA) is 0 Å². The molecule has 4 aromatic rings. The molecule has 0 heterocycles. The van der Waals surface area contributed by atoms with Crippen LogP contribution < -0.4 is 21.2 Å². The summed E-state index contributed by atoms with van der Waals surface area (Å²) < 4.78 is 0. The fourth-order valence-corrected chi connectivity index (χ4v) is 8.33. The van der Waals surface area contributed by atoms with Crippen molar-refractivity contribution in [1.29, 1.82) is 0 Å². The van der Waals surface area contributed by atoms with Crippen LogP contribution in [0.3, 0.4) is 0 Å². The number of aryl methyl sites for hydroxylation is 4. The van der Waals surface area contributed by atoms with Gasteiger partial charge < -0.3 is 0 Å². The maximum Gasteiger partial charge on any atom is 0.144 e. The fourth-order valence-electron chi connectivity index (χ4n) is 4.15. The van der Waals surface area contributed by atoms with Gasteiger partial charge in [0.25, 0.3) is 0 Å². The normalized spacial score (nSPS) is 10.5. The molecule has 0 nitrogen and oxygen atoms in total. The van der Waals surface area contributed by atoms with Crippen molar-refractivity contribution in [1.82, 2.24) is 0 Å². The predicted molar refractivity (Wildman–Crippen MR) is 158 cm³/mol. The molecule has 178 valence electrons. The summed E-state index contributed by atoms with van der Waals surface area (Å²) in [6.07, 6.45) is 1.06. The first-order valence-corrected chi connectivity index (χ1v) is 14.5. The largest absolute Gasteiger partial charge is 0.144 e. The van der Waals surface area contributed by atoms with Crippen LogP contribution in [0.5, 0.6) is 0 Å². The Kier molecular flexibility index (Phi) is 10.7. The Morgan fingerprint density at radius 3 is 0.882 bits per heavy atom. The first-order chi connectivity index (χ1) is 16.5. The van der Waals surface area contributed by atoms with Crippen molar-refractivity contribution in [2.45, 2.75) is 61.8 Å². The van der Waals surface area contributed by atoms with Gasteiger partial charge in [-0.15, -0.1) is 0 Å². The minimum absolute atomic E-state index is 1.06. The molecule has 0 amide bonds. The highest BCUT2D eigenvalue weighted by Crippen LogP contribution is 2.54. The summed E-state index contributed by atoms with van der Waals surface area (Å²) >= 11 is 0. The molecule has 0 unspecified atom stereocenters. The summed E-state index contributed by atoms with van der Waals surface area (Å²) in [5.74, 6) is 0. The molecule has 0 atom stereocenters. The maximum absolute atomic E-state index is 2.37. The molecule has 0 aliphatic heterocycles. The third-order valence-electron chi connectivity index (χ3n) is 6.00. The third kappa shape index (κ3) is 5.86. The molecule has 0 fully saturated rings. The quantitative estimate of drug-likeness (QED) is 0.261. The Labute approximate surface area is 209 Å². The van der Waals surface area contributed by atoms with Crippen molar-refractivity contribution in [3.63, 3.8) is 0 Å². The highest BCUT2D eigenvalue weighted by atomic mass is 31.2. The minimum atomic E-state index is -2.00. The van der Waals surface area contributed by atoms with Crippen molar-refractivity contribution >= 4 is 28.5 Å². The van der Waals surface area contributed by atoms with Crippen LogP contribution in [0.15, 0.2) is 97.1 Å². The van der Waals surface area contributed by atoms with Gasteiger partial charge in [0.2, 0.25) is 0 Å². The van der Waals surface area contributed by atoms with E-state index < -0.39 is 7.26 Å². The zero-order valence-electron chi connectivity index (χ0n) is 22.4. The van der Waals surface area contributed by atoms with E-state index in [9.17, 15) is 0 Å². The molecule has 0 radical (unpaired) electrons. The molecule has 0 saturated heterocycles. The van der Waals surface area contributed by atoms with Gasteiger partial charge >= 0.3 is 0 Å². The summed E-state index contributed by atoms with van der Waals surface area (Å²) in [4.78, 5) is 0. The molecule has 34 heavy (non-hydrogen) atoms. The molecule has 0 aromatic heterocycles. The van der Waals surface area contributed by atoms with Crippen LogP contribution in [-0.2, 0) is 6.42 Å². The fraction of sp³-hybridized carbons (Fsp3) is 0.273. The number of hydrogen-bond donors (Lipinski definition) is 0. The van der Waals surface area contributed by atoms with E-state index in [1.54, 1.807) is 0 Å². The van der Waals surface area contributed by atoms with Crippen LogP contribution in [0, 0.1) is 20.8 Å². The summed E-state index contributed by atoms with van der Waals surface area (Å²) in [6.45, 7) is 16.7. The predicted octanol–water partition coefficient (Wildman–Crippen LogP) is 7.85. The molecule has 0 saturated carbocycles. The van der Waals surface area contributed by atoms with Crippen LogP contribution >= 0.6 is 7.26 Å². The van der Waals surface area contributed by atoms with Gasteiger partial charge in [-0.25, -0.2) is 0 Å². The second kappa shape index (κ2) is 13.3. The molecule has 0 bridgehead atoms. The Balaban J connectivity index is 0.000000970. The maximum atomic E-state index is 2.37. The summed E-state index contributed by atoms with van der Waals surface area (Å²) in [6, 6.07) is 37.0. The summed E-state index contributed by atoms with van der Waals surface area (Å²) in [5.41, 5.74) is 5.27. The smallest absolute Gasteiger partial charge is 0.0683 e. The van der Waals surface area contributed by atoms with E-state index >= 15 is 0 Å². The van der Waals surface area contributed by atoms with Gasteiger partial charge in [0.15, 0.2) is 0 Å². The molecule has 0 N–H and O–H groups in total. The van der Waals surface area contributed by atoms with Crippen LogP contribution in [0.1, 0.15) is 56.9 Å². The molecular weight excluding hydrogens is 427 g/mol. The standard InChI is InChI=1S/C29H30P.2C2H6/c1-5-25-12-20-29(21-13-25)30(26-14-6-22(2)7-15-26,27-16-8-23(3)9-17-27)28-18-10-24(4)11-19-28;2*1-2/h6-21H,5H2,1-4H3;2*1-2H3/q+1;;. The number of benzene rings is 4. The van der Waals surface area contributed by atoms with E-state index in [0.29, 0.717) is 0 Å². The molecule has 4 rings (SSSR count). The van der Waals surface area contributed by atoms with E-state index in [2.05, 4.69) is 125 Å². The van der Waals surface area contributed by atoms with E-state index in [1.165, 1.54) is 43.5 Å². The molecule has 0 aliphatic carbocycles. The van der Waals surface area contributed by atoms with Gasteiger partial charge in [0.1, 0.15) is 28.5 Å². The highest BCUT2D eigenvalue weighted by molar-refractivity contribution is 8.01. The van der Waals surface area contributed by atoms with Gasteiger partial charge in [-0.1, -0.05) is 99.8 Å². The Morgan fingerprint density at radius 2 is 0.647 bits per heavy atom. The van der Waals surface area contributed by atoms with Crippen LogP contribution in [0.4, 0.5) is 0 Å². The molecular formula is C33H42P+. The van der Waals surface area contributed by atoms with Crippen molar-refractivity contribution in [3.05, 3.63) is 119 Å². The van der Waals surface area contributed by atoms with Crippen molar-refractivity contribution in [2.75, 3.05) is 0 Å². The number of hydrogen-bond acceptors (Lipinski definition) is 0. The molecule has 4 aromatic carbocycles. The SMILES string of the molecule is CC.CC.CCc1ccc([P+](c2ccc(C)cc2)(c2ccc(C)cc2)c2ccc(C)cc2)cc1. The van der Waals surface area contributed by atoms with Gasteiger partial charge in [-0.3, -0.25) is 0 Å².